The zero-order valence-corrected chi connectivity index (χ0v) is 20.5. The highest BCUT2D eigenvalue weighted by molar-refractivity contribution is 7.89. The standard InChI is InChI=1S/C24H29N3O6S/c1-15-12-16(2)18(4)23(17(15)3)34(31,32)25-11-10-21(28)26-20(19-8-6-5-7-9-19)13-27-22(29)14-33-24(27)30/h5-9,12,20,25H,10-11,13-14H2,1-4H3,(H,26,28). The molecule has 0 radical (unpaired) electrons. The Labute approximate surface area is 199 Å². The lowest BCUT2D eigenvalue weighted by atomic mass is 10.0. The Morgan fingerprint density at radius 2 is 1.68 bits per heavy atom. The van der Waals surface area contributed by atoms with E-state index in [1.807, 2.05) is 26.0 Å². The summed E-state index contributed by atoms with van der Waals surface area (Å²) < 4.78 is 33.2. The van der Waals surface area contributed by atoms with E-state index in [0.717, 1.165) is 16.0 Å². The minimum atomic E-state index is -3.82. The van der Waals surface area contributed by atoms with Crippen LogP contribution in [0.1, 0.15) is 40.3 Å². The molecule has 182 valence electrons. The lowest BCUT2D eigenvalue weighted by molar-refractivity contribution is -0.127. The van der Waals surface area contributed by atoms with Crippen molar-refractivity contribution in [1.29, 1.82) is 0 Å². The summed E-state index contributed by atoms with van der Waals surface area (Å²) >= 11 is 0. The first-order valence-electron chi connectivity index (χ1n) is 10.9. The molecule has 34 heavy (non-hydrogen) atoms. The number of carbonyl (C=O) groups excluding carboxylic acids is 3. The fraction of sp³-hybridized carbons (Fsp3) is 0.375. The molecular weight excluding hydrogens is 458 g/mol. The quantitative estimate of drug-likeness (QED) is 0.560. The fourth-order valence-corrected chi connectivity index (χ4v) is 5.52. The van der Waals surface area contributed by atoms with E-state index in [4.69, 9.17) is 4.74 Å². The van der Waals surface area contributed by atoms with Gasteiger partial charge < -0.3 is 10.1 Å². The highest BCUT2D eigenvalue weighted by Gasteiger charge is 2.33. The summed E-state index contributed by atoms with van der Waals surface area (Å²) in [5.74, 6) is -0.905. The zero-order valence-electron chi connectivity index (χ0n) is 19.7. The van der Waals surface area contributed by atoms with Crippen molar-refractivity contribution in [2.45, 2.75) is 45.1 Å². The number of imide groups is 1. The number of amides is 3. The van der Waals surface area contributed by atoms with E-state index in [2.05, 4.69) is 10.0 Å². The molecule has 3 amide bonds. The molecule has 1 unspecified atom stereocenters. The molecule has 1 heterocycles. The maximum absolute atomic E-state index is 13.0. The van der Waals surface area contributed by atoms with Crippen molar-refractivity contribution in [3.8, 4) is 0 Å². The molecule has 0 saturated carbocycles. The minimum absolute atomic E-state index is 0.0832. The molecule has 1 fully saturated rings. The Morgan fingerprint density at radius 1 is 1.06 bits per heavy atom. The van der Waals surface area contributed by atoms with Crippen molar-refractivity contribution >= 4 is 27.9 Å². The first-order valence-corrected chi connectivity index (χ1v) is 12.4. The van der Waals surface area contributed by atoms with Gasteiger partial charge >= 0.3 is 6.09 Å². The van der Waals surface area contributed by atoms with E-state index in [-0.39, 0.29) is 31.0 Å². The lowest BCUT2D eigenvalue weighted by Gasteiger charge is -2.23. The molecule has 1 atom stereocenters. The lowest BCUT2D eigenvalue weighted by Crippen LogP contribution is -2.41. The molecule has 1 aliphatic heterocycles. The van der Waals surface area contributed by atoms with Gasteiger partial charge in [0, 0.05) is 13.0 Å². The van der Waals surface area contributed by atoms with E-state index in [9.17, 15) is 22.8 Å². The number of nitrogens with one attached hydrogen (secondary N) is 2. The average Bonchev–Trinajstić information content (AvgIpc) is 3.09. The zero-order chi connectivity index (χ0) is 25.0. The van der Waals surface area contributed by atoms with Gasteiger partial charge in [-0.1, -0.05) is 36.4 Å². The Bertz CT molecular complexity index is 1170. The Morgan fingerprint density at radius 3 is 2.24 bits per heavy atom. The second-order valence-electron chi connectivity index (χ2n) is 8.33. The van der Waals surface area contributed by atoms with Crippen molar-refractivity contribution in [3.05, 3.63) is 64.2 Å². The van der Waals surface area contributed by atoms with Crippen LogP contribution in [0.5, 0.6) is 0 Å². The van der Waals surface area contributed by atoms with Gasteiger partial charge in [0.25, 0.3) is 5.91 Å². The summed E-state index contributed by atoms with van der Waals surface area (Å²) in [6.45, 7) is 6.73. The number of sulfonamides is 1. The Hall–Kier alpha value is -3.24. The highest BCUT2D eigenvalue weighted by Crippen LogP contribution is 2.26. The fourth-order valence-electron chi connectivity index (χ4n) is 3.88. The van der Waals surface area contributed by atoms with Crippen LogP contribution < -0.4 is 10.0 Å². The normalized spacial score (nSPS) is 14.8. The number of rotatable bonds is 9. The summed E-state index contributed by atoms with van der Waals surface area (Å²) in [5.41, 5.74) is 3.80. The van der Waals surface area contributed by atoms with Gasteiger partial charge in [0.05, 0.1) is 17.5 Å². The van der Waals surface area contributed by atoms with E-state index in [1.54, 1.807) is 38.1 Å². The van der Waals surface area contributed by atoms with E-state index < -0.39 is 34.0 Å². The number of aryl methyl sites for hydroxylation is 2. The van der Waals surface area contributed by atoms with Gasteiger partial charge in [0.15, 0.2) is 6.61 Å². The number of cyclic esters (lactones) is 1. The van der Waals surface area contributed by atoms with Gasteiger partial charge in [-0.15, -0.1) is 0 Å². The van der Waals surface area contributed by atoms with Crippen molar-refractivity contribution in [2.24, 2.45) is 0 Å². The van der Waals surface area contributed by atoms with Crippen LogP contribution in [-0.2, 0) is 24.3 Å². The third-order valence-corrected chi connectivity index (χ3v) is 7.69. The van der Waals surface area contributed by atoms with Gasteiger partial charge in [0.2, 0.25) is 15.9 Å². The molecule has 1 saturated heterocycles. The van der Waals surface area contributed by atoms with Crippen LogP contribution in [0.25, 0.3) is 0 Å². The largest absolute Gasteiger partial charge is 0.439 e. The summed E-state index contributed by atoms with van der Waals surface area (Å²) in [4.78, 5) is 37.6. The Kier molecular flexibility index (Phi) is 7.73. The van der Waals surface area contributed by atoms with Crippen molar-refractivity contribution < 1.29 is 27.5 Å². The molecule has 0 spiro atoms. The molecule has 10 heteroatoms. The first kappa shape index (κ1) is 25.4. The van der Waals surface area contributed by atoms with Gasteiger partial charge in [-0.2, -0.15) is 0 Å². The van der Waals surface area contributed by atoms with Crippen LogP contribution in [0.4, 0.5) is 4.79 Å². The van der Waals surface area contributed by atoms with Crippen LogP contribution in [0, 0.1) is 27.7 Å². The van der Waals surface area contributed by atoms with Crippen molar-refractivity contribution in [3.63, 3.8) is 0 Å². The molecule has 2 aromatic carbocycles. The first-order chi connectivity index (χ1) is 16.0. The van der Waals surface area contributed by atoms with Gasteiger partial charge in [0.1, 0.15) is 0 Å². The number of benzene rings is 2. The van der Waals surface area contributed by atoms with E-state index in [1.165, 1.54) is 0 Å². The van der Waals surface area contributed by atoms with Crippen molar-refractivity contribution in [1.82, 2.24) is 14.9 Å². The topological polar surface area (TPSA) is 122 Å². The maximum atomic E-state index is 13.0. The van der Waals surface area contributed by atoms with Gasteiger partial charge in [-0.05, 0) is 55.5 Å². The molecule has 3 rings (SSSR count). The summed E-state index contributed by atoms with van der Waals surface area (Å²) in [5, 5.41) is 2.79. The highest BCUT2D eigenvalue weighted by atomic mass is 32.2. The Balaban J connectivity index is 1.67. The molecule has 2 N–H and O–H groups in total. The molecule has 9 nitrogen and oxygen atoms in total. The number of carbonyl (C=O) groups is 3. The number of hydrogen-bond acceptors (Lipinski definition) is 6. The van der Waals surface area contributed by atoms with Gasteiger partial charge in [-0.25, -0.2) is 22.8 Å². The van der Waals surface area contributed by atoms with E-state index >= 15 is 0 Å². The predicted octanol–water partition coefficient (Wildman–Crippen LogP) is 2.42. The number of ether oxygens (including phenoxy) is 1. The minimum Gasteiger partial charge on any atom is -0.439 e. The molecular formula is C24H29N3O6S. The maximum Gasteiger partial charge on any atom is 0.417 e. The average molecular weight is 488 g/mol. The smallest absolute Gasteiger partial charge is 0.417 e. The SMILES string of the molecule is Cc1cc(C)c(C)c(S(=O)(=O)NCCC(=O)NC(CN2C(=O)COC2=O)c2ccccc2)c1C. The molecule has 2 aromatic rings. The molecule has 0 bridgehead atoms. The molecule has 0 aliphatic carbocycles. The third kappa shape index (κ3) is 5.63. The van der Waals surface area contributed by atoms with Crippen LogP contribution >= 0.6 is 0 Å². The van der Waals surface area contributed by atoms with Crippen molar-refractivity contribution in [2.75, 3.05) is 19.7 Å². The summed E-state index contributed by atoms with van der Waals surface area (Å²) in [7, 11) is -3.82. The van der Waals surface area contributed by atoms with Crippen LogP contribution in [0.15, 0.2) is 41.3 Å². The second kappa shape index (κ2) is 10.4. The van der Waals surface area contributed by atoms with Crippen LogP contribution in [-0.4, -0.2) is 50.9 Å². The van der Waals surface area contributed by atoms with Crippen LogP contribution in [0.3, 0.4) is 0 Å². The second-order valence-corrected chi connectivity index (χ2v) is 10.0. The number of hydrogen-bond donors (Lipinski definition) is 2. The summed E-state index contributed by atoms with van der Waals surface area (Å²) in [6, 6.07) is 10.2. The third-order valence-electron chi connectivity index (χ3n) is 5.95. The predicted molar refractivity (Wildman–Crippen MR) is 126 cm³/mol. The summed E-state index contributed by atoms with van der Waals surface area (Å²) in [6.07, 6.45) is -0.878. The number of nitrogens with zero attached hydrogens (tertiary/aromatic N) is 1. The van der Waals surface area contributed by atoms with E-state index in [0.29, 0.717) is 16.7 Å². The molecule has 0 aromatic heterocycles. The van der Waals surface area contributed by atoms with Crippen LogP contribution in [0.2, 0.25) is 0 Å². The molecule has 1 aliphatic rings. The van der Waals surface area contributed by atoms with Gasteiger partial charge in [-0.3, -0.25) is 9.59 Å². The monoisotopic (exact) mass is 487 g/mol.